The molecule has 5 nitrogen and oxygen atoms in total. The molecule has 2 heterocycles. The minimum atomic E-state index is -0.734. The smallest absolute Gasteiger partial charge is 0.306 e. The largest absolute Gasteiger partial charge is 0.481 e. The van der Waals surface area contributed by atoms with Crippen LogP contribution in [0.3, 0.4) is 0 Å². The van der Waals surface area contributed by atoms with Crippen LogP contribution in [0.2, 0.25) is 0 Å². The fraction of sp³-hybridized carbons (Fsp3) is 0.375. The van der Waals surface area contributed by atoms with Crippen LogP contribution in [0.25, 0.3) is 11.5 Å². The molecule has 108 valence electrons. The summed E-state index contributed by atoms with van der Waals surface area (Å²) in [5.74, 6) is -0.407. The van der Waals surface area contributed by atoms with Crippen molar-refractivity contribution in [2.24, 2.45) is 5.92 Å². The summed E-state index contributed by atoms with van der Waals surface area (Å²) in [7, 11) is 0. The number of hydrogen-bond acceptors (Lipinski definition) is 4. The highest BCUT2D eigenvalue weighted by molar-refractivity contribution is 5.71. The Morgan fingerprint density at radius 1 is 1.43 bits per heavy atom. The zero-order chi connectivity index (χ0) is 14.8. The van der Waals surface area contributed by atoms with Gasteiger partial charge in [0.1, 0.15) is 5.69 Å². The third-order valence-corrected chi connectivity index (χ3v) is 3.98. The molecule has 1 atom stereocenters. The summed E-state index contributed by atoms with van der Waals surface area (Å²) in [4.78, 5) is 24.5. The van der Waals surface area contributed by atoms with Crippen LogP contribution < -0.4 is 0 Å². The molecule has 21 heavy (non-hydrogen) atoms. The molecule has 3 rings (SSSR count). The Bertz CT molecular complexity index is 685. The summed E-state index contributed by atoms with van der Waals surface area (Å²) in [6, 6.07) is 3.95. The molecule has 1 unspecified atom stereocenters. The van der Waals surface area contributed by atoms with E-state index in [1.807, 2.05) is 12.1 Å². The van der Waals surface area contributed by atoms with E-state index in [1.54, 1.807) is 12.4 Å². The van der Waals surface area contributed by atoms with Crippen molar-refractivity contribution in [3.8, 4) is 11.5 Å². The predicted octanol–water partition coefficient (Wildman–Crippen LogP) is 2.29. The van der Waals surface area contributed by atoms with Gasteiger partial charge in [0.25, 0.3) is 0 Å². The van der Waals surface area contributed by atoms with Crippen molar-refractivity contribution in [3.63, 3.8) is 0 Å². The number of pyridine rings is 1. The van der Waals surface area contributed by atoms with Crippen molar-refractivity contribution in [2.75, 3.05) is 0 Å². The zero-order valence-corrected chi connectivity index (χ0v) is 11.9. The molecule has 5 heteroatoms. The molecule has 1 N–H and O–H groups in total. The fourth-order valence-corrected chi connectivity index (χ4v) is 2.76. The first kappa shape index (κ1) is 13.7. The summed E-state index contributed by atoms with van der Waals surface area (Å²) in [5.41, 5.74) is 3.86. The van der Waals surface area contributed by atoms with E-state index in [0.29, 0.717) is 25.1 Å². The van der Waals surface area contributed by atoms with Crippen LogP contribution in [-0.2, 0) is 24.1 Å². The number of aromatic nitrogens is 3. The highest BCUT2D eigenvalue weighted by Crippen LogP contribution is 2.26. The Balaban J connectivity index is 1.96. The molecule has 1 aliphatic carbocycles. The number of carboxylic acid groups (broad SMARTS) is 1. The molecule has 2 aromatic heterocycles. The van der Waals surface area contributed by atoms with Crippen molar-refractivity contribution in [3.05, 3.63) is 41.3 Å². The minimum absolute atomic E-state index is 0.312. The van der Waals surface area contributed by atoms with Gasteiger partial charge in [0.05, 0.1) is 5.92 Å². The molecule has 0 spiro atoms. The molecule has 1 aliphatic rings. The second kappa shape index (κ2) is 5.60. The van der Waals surface area contributed by atoms with Crippen LogP contribution in [0.1, 0.15) is 30.2 Å². The van der Waals surface area contributed by atoms with Crippen molar-refractivity contribution >= 4 is 5.97 Å². The summed E-state index contributed by atoms with van der Waals surface area (Å²) in [5, 5.41) is 9.11. The first-order valence-electron chi connectivity index (χ1n) is 7.21. The zero-order valence-electron chi connectivity index (χ0n) is 11.9. The van der Waals surface area contributed by atoms with Gasteiger partial charge >= 0.3 is 5.97 Å². The number of carbonyl (C=O) groups is 1. The standard InChI is InChI=1S/C16H17N3O2/c1-2-10-4-3-7-17-14(10)15-18-9-12-8-11(16(20)21)5-6-13(12)19-15/h3-4,7,9,11H,2,5-6,8H2,1H3,(H,20,21). The summed E-state index contributed by atoms with van der Waals surface area (Å²) < 4.78 is 0. The molecule has 2 aromatic rings. The Labute approximate surface area is 123 Å². The molecule has 0 amide bonds. The summed E-state index contributed by atoms with van der Waals surface area (Å²) >= 11 is 0. The maximum absolute atomic E-state index is 11.1. The van der Waals surface area contributed by atoms with Gasteiger partial charge in [-0.2, -0.15) is 0 Å². The van der Waals surface area contributed by atoms with E-state index in [9.17, 15) is 4.79 Å². The van der Waals surface area contributed by atoms with Crippen molar-refractivity contribution in [1.82, 2.24) is 15.0 Å². The van der Waals surface area contributed by atoms with Gasteiger partial charge in [-0.1, -0.05) is 13.0 Å². The second-order valence-electron chi connectivity index (χ2n) is 5.31. The molecular formula is C16H17N3O2. The fourth-order valence-electron chi connectivity index (χ4n) is 2.76. The van der Waals surface area contributed by atoms with Crippen LogP contribution in [0.4, 0.5) is 0 Å². The van der Waals surface area contributed by atoms with E-state index in [1.165, 1.54) is 0 Å². The quantitative estimate of drug-likeness (QED) is 0.935. The highest BCUT2D eigenvalue weighted by atomic mass is 16.4. The molecule has 0 radical (unpaired) electrons. The van der Waals surface area contributed by atoms with Gasteiger partial charge in [0.15, 0.2) is 5.82 Å². The monoisotopic (exact) mass is 283 g/mol. The van der Waals surface area contributed by atoms with Gasteiger partial charge in [0.2, 0.25) is 0 Å². The Morgan fingerprint density at radius 2 is 2.29 bits per heavy atom. The van der Waals surface area contributed by atoms with Crippen molar-refractivity contribution < 1.29 is 9.90 Å². The van der Waals surface area contributed by atoms with Crippen LogP contribution in [0, 0.1) is 5.92 Å². The average Bonchev–Trinajstić information content (AvgIpc) is 2.53. The lowest BCUT2D eigenvalue weighted by molar-refractivity contribution is -0.142. The number of rotatable bonds is 3. The summed E-state index contributed by atoms with van der Waals surface area (Å²) in [6.07, 6.45) is 6.24. The Hall–Kier alpha value is -2.30. The molecule has 0 saturated carbocycles. The highest BCUT2D eigenvalue weighted by Gasteiger charge is 2.25. The van der Waals surface area contributed by atoms with Gasteiger partial charge in [-0.25, -0.2) is 9.97 Å². The van der Waals surface area contributed by atoms with E-state index in [0.717, 1.165) is 28.9 Å². The summed E-state index contributed by atoms with van der Waals surface area (Å²) in [6.45, 7) is 2.08. The second-order valence-corrected chi connectivity index (χ2v) is 5.31. The number of fused-ring (bicyclic) bond motifs is 1. The normalized spacial score (nSPS) is 17.3. The number of aryl methyl sites for hydroxylation is 2. The van der Waals surface area contributed by atoms with Crippen LogP contribution in [0.15, 0.2) is 24.5 Å². The SMILES string of the molecule is CCc1cccnc1-c1ncc2c(n1)CCC(C(=O)O)C2. The minimum Gasteiger partial charge on any atom is -0.481 e. The van der Waals surface area contributed by atoms with Gasteiger partial charge in [0, 0.05) is 18.1 Å². The average molecular weight is 283 g/mol. The molecular weight excluding hydrogens is 266 g/mol. The van der Waals surface area contributed by atoms with Gasteiger partial charge in [-0.15, -0.1) is 0 Å². The van der Waals surface area contributed by atoms with E-state index in [-0.39, 0.29) is 5.92 Å². The first-order valence-corrected chi connectivity index (χ1v) is 7.21. The lowest BCUT2D eigenvalue weighted by atomic mass is 9.87. The maximum Gasteiger partial charge on any atom is 0.306 e. The lowest BCUT2D eigenvalue weighted by Gasteiger charge is -2.20. The van der Waals surface area contributed by atoms with Crippen LogP contribution in [-0.4, -0.2) is 26.0 Å². The topological polar surface area (TPSA) is 76.0 Å². The van der Waals surface area contributed by atoms with Crippen molar-refractivity contribution in [2.45, 2.75) is 32.6 Å². The third kappa shape index (κ3) is 2.63. The van der Waals surface area contributed by atoms with Crippen LogP contribution in [0.5, 0.6) is 0 Å². The maximum atomic E-state index is 11.1. The van der Waals surface area contributed by atoms with Crippen molar-refractivity contribution in [1.29, 1.82) is 0 Å². The first-order chi connectivity index (χ1) is 10.2. The molecule has 0 bridgehead atoms. The number of aliphatic carboxylic acids is 1. The number of nitrogens with zero attached hydrogens (tertiary/aromatic N) is 3. The van der Waals surface area contributed by atoms with Gasteiger partial charge in [-0.05, 0) is 42.9 Å². The van der Waals surface area contributed by atoms with E-state index >= 15 is 0 Å². The molecule has 0 saturated heterocycles. The predicted molar refractivity (Wildman–Crippen MR) is 77.8 cm³/mol. The number of hydrogen-bond donors (Lipinski definition) is 1. The van der Waals surface area contributed by atoms with Crippen LogP contribution >= 0.6 is 0 Å². The van der Waals surface area contributed by atoms with E-state index in [2.05, 4.69) is 21.9 Å². The third-order valence-electron chi connectivity index (χ3n) is 3.98. The Morgan fingerprint density at radius 3 is 3.05 bits per heavy atom. The van der Waals surface area contributed by atoms with Gasteiger partial charge in [-0.3, -0.25) is 9.78 Å². The van der Waals surface area contributed by atoms with E-state index < -0.39 is 5.97 Å². The molecule has 0 fully saturated rings. The van der Waals surface area contributed by atoms with Gasteiger partial charge < -0.3 is 5.11 Å². The lowest BCUT2D eigenvalue weighted by Crippen LogP contribution is -2.23. The number of carboxylic acids is 1. The Kier molecular flexibility index (Phi) is 3.64. The molecule has 0 aromatic carbocycles. The molecule has 0 aliphatic heterocycles. The van der Waals surface area contributed by atoms with E-state index in [4.69, 9.17) is 5.11 Å².